The third-order valence-corrected chi connectivity index (χ3v) is 2.17. The molecule has 1 saturated heterocycles. The molecule has 1 amide bonds. The Morgan fingerprint density at radius 1 is 1.62 bits per heavy atom. The Morgan fingerprint density at radius 3 is 2.85 bits per heavy atom. The summed E-state index contributed by atoms with van der Waals surface area (Å²) in [5, 5.41) is 0. The number of amides is 1. The van der Waals surface area contributed by atoms with Crippen molar-refractivity contribution in [2.45, 2.75) is 25.8 Å². The molecule has 0 radical (unpaired) electrons. The van der Waals surface area contributed by atoms with Crippen molar-refractivity contribution in [2.75, 3.05) is 6.54 Å². The molecular weight excluding hydrogens is 170 g/mol. The molecule has 0 aliphatic carbocycles. The lowest BCUT2D eigenvalue weighted by Crippen LogP contribution is -2.39. The number of Topliss-reactive ketones (excluding diaryl/α,β-unsaturated/α-hetero) is 1. The lowest BCUT2D eigenvalue weighted by molar-refractivity contribution is -0.134. The highest BCUT2D eigenvalue weighted by molar-refractivity contribution is 6.28. The summed E-state index contributed by atoms with van der Waals surface area (Å²) in [4.78, 5) is 26.5. The molecule has 0 aromatic carbocycles. The molecule has 0 bridgehead atoms. The molecule has 13 heavy (non-hydrogen) atoms. The summed E-state index contributed by atoms with van der Waals surface area (Å²) >= 11 is 0. The normalized spacial score (nSPS) is 21.0. The molecule has 0 aromatic rings. The summed E-state index contributed by atoms with van der Waals surface area (Å²) in [6, 6.07) is -0.423. The number of rotatable bonds is 2. The first-order valence-electron chi connectivity index (χ1n) is 4.15. The van der Waals surface area contributed by atoms with Gasteiger partial charge in [0, 0.05) is 13.5 Å². The van der Waals surface area contributed by atoms with Gasteiger partial charge in [-0.3, -0.25) is 9.59 Å². The van der Waals surface area contributed by atoms with Crippen molar-refractivity contribution in [2.24, 2.45) is 0 Å². The van der Waals surface area contributed by atoms with Gasteiger partial charge in [0.15, 0.2) is 0 Å². The summed E-state index contributed by atoms with van der Waals surface area (Å²) in [6.07, 6.45) is 2.34. The molecule has 1 atom stereocenters. The van der Waals surface area contributed by atoms with E-state index in [1.54, 1.807) is 0 Å². The van der Waals surface area contributed by atoms with Crippen LogP contribution in [0.1, 0.15) is 19.8 Å². The lowest BCUT2D eigenvalue weighted by Gasteiger charge is -2.18. The van der Waals surface area contributed by atoms with Crippen LogP contribution in [0.5, 0.6) is 0 Å². The second-order valence-corrected chi connectivity index (χ2v) is 3.02. The minimum absolute atomic E-state index is 0.109. The van der Waals surface area contributed by atoms with Crippen LogP contribution in [-0.4, -0.2) is 40.2 Å². The van der Waals surface area contributed by atoms with Gasteiger partial charge in [-0.1, -0.05) is 0 Å². The molecule has 1 fully saturated rings. The molecule has 0 spiro atoms. The van der Waals surface area contributed by atoms with Crippen LogP contribution in [0.4, 0.5) is 0 Å². The molecule has 0 unspecified atom stereocenters. The van der Waals surface area contributed by atoms with Crippen LogP contribution >= 0.6 is 0 Å². The Bertz CT molecular complexity index is 281. The van der Waals surface area contributed by atoms with E-state index in [0.717, 1.165) is 12.6 Å². The number of carbonyl (C=O) groups excluding carboxylic acids is 2. The van der Waals surface area contributed by atoms with Crippen molar-refractivity contribution < 1.29 is 14.4 Å². The van der Waals surface area contributed by atoms with Gasteiger partial charge in [-0.2, -0.15) is 4.79 Å². The van der Waals surface area contributed by atoms with E-state index in [1.165, 1.54) is 11.8 Å². The van der Waals surface area contributed by atoms with Crippen molar-refractivity contribution in [3.63, 3.8) is 0 Å². The van der Waals surface area contributed by atoms with Crippen molar-refractivity contribution in [3.05, 3.63) is 5.53 Å². The monoisotopic (exact) mass is 181 g/mol. The van der Waals surface area contributed by atoms with Gasteiger partial charge in [-0.05, 0) is 12.8 Å². The van der Waals surface area contributed by atoms with E-state index in [0.29, 0.717) is 13.0 Å². The van der Waals surface area contributed by atoms with E-state index in [-0.39, 0.29) is 11.7 Å². The summed E-state index contributed by atoms with van der Waals surface area (Å²) in [5.74, 6) is -0.419. The lowest BCUT2D eigenvalue weighted by atomic mass is 10.1. The van der Waals surface area contributed by atoms with E-state index in [4.69, 9.17) is 5.53 Å². The zero-order chi connectivity index (χ0) is 9.84. The second-order valence-electron chi connectivity index (χ2n) is 3.02. The van der Waals surface area contributed by atoms with Crippen molar-refractivity contribution in [1.82, 2.24) is 4.90 Å². The van der Waals surface area contributed by atoms with Gasteiger partial charge < -0.3 is 10.4 Å². The summed E-state index contributed by atoms with van der Waals surface area (Å²) in [7, 11) is 0. The molecule has 0 aromatic heterocycles. The van der Waals surface area contributed by atoms with E-state index in [2.05, 4.69) is 4.79 Å². The van der Waals surface area contributed by atoms with Gasteiger partial charge in [0.2, 0.25) is 5.91 Å². The van der Waals surface area contributed by atoms with Crippen LogP contribution in [0.25, 0.3) is 5.53 Å². The number of hydrogen-bond acceptors (Lipinski definition) is 2. The highest BCUT2D eigenvalue weighted by atomic mass is 16.2. The first-order valence-corrected chi connectivity index (χ1v) is 4.15. The maximum absolute atomic E-state index is 11.3. The summed E-state index contributed by atoms with van der Waals surface area (Å²) in [6.45, 7) is 2.05. The molecule has 5 heteroatoms. The fourth-order valence-electron chi connectivity index (χ4n) is 1.58. The van der Waals surface area contributed by atoms with E-state index in [1.807, 2.05) is 0 Å². The van der Waals surface area contributed by atoms with Crippen molar-refractivity contribution in [1.29, 1.82) is 0 Å². The Morgan fingerprint density at radius 2 is 2.31 bits per heavy atom. The number of hydrogen-bond donors (Lipinski definition) is 0. The Balaban J connectivity index is 2.73. The minimum Gasteiger partial charge on any atom is -0.361 e. The average Bonchev–Trinajstić information content (AvgIpc) is 2.52. The van der Waals surface area contributed by atoms with E-state index < -0.39 is 6.04 Å². The zero-order valence-corrected chi connectivity index (χ0v) is 7.43. The van der Waals surface area contributed by atoms with Crippen LogP contribution in [-0.2, 0) is 9.59 Å². The smallest absolute Gasteiger partial charge is 0.325 e. The standard InChI is InChI=1S/C8H11N3O2/c1-6(12)11-4-2-3-7(11)8(13)5-10-9/h5,7H,2-4H2,1H3/t7-/m0/s1. The predicted molar refractivity (Wildman–Crippen MR) is 45.1 cm³/mol. The van der Waals surface area contributed by atoms with Gasteiger partial charge in [0.25, 0.3) is 5.78 Å². The van der Waals surface area contributed by atoms with Crippen molar-refractivity contribution >= 4 is 17.9 Å². The molecular formula is C8H11N3O2. The van der Waals surface area contributed by atoms with E-state index in [9.17, 15) is 9.59 Å². The highest BCUT2D eigenvalue weighted by Gasteiger charge is 2.32. The first-order chi connectivity index (χ1) is 6.16. The molecule has 1 aliphatic rings. The molecule has 5 nitrogen and oxygen atoms in total. The van der Waals surface area contributed by atoms with Gasteiger partial charge in [0.05, 0.1) is 0 Å². The van der Waals surface area contributed by atoms with Gasteiger partial charge in [0.1, 0.15) is 6.04 Å². The molecule has 70 valence electrons. The van der Waals surface area contributed by atoms with Crippen LogP contribution < -0.4 is 0 Å². The third kappa shape index (κ3) is 2.00. The Hall–Kier alpha value is -1.48. The largest absolute Gasteiger partial charge is 0.361 e. The quantitative estimate of drug-likeness (QED) is 0.338. The second kappa shape index (κ2) is 3.96. The van der Waals surface area contributed by atoms with Gasteiger partial charge in [-0.25, -0.2) is 0 Å². The van der Waals surface area contributed by atoms with Crippen LogP contribution in [0, 0.1) is 0 Å². The first kappa shape index (κ1) is 9.61. The average molecular weight is 181 g/mol. The SMILES string of the molecule is CC(=O)N1CCC[C@H]1C(=O)C=[N+]=[N-]. The molecule has 1 aliphatic heterocycles. The summed E-state index contributed by atoms with van der Waals surface area (Å²) in [5.41, 5.74) is 8.17. The topological polar surface area (TPSA) is 73.8 Å². The Kier molecular flexibility index (Phi) is 2.93. The van der Waals surface area contributed by atoms with Gasteiger partial charge in [-0.15, -0.1) is 0 Å². The predicted octanol–water partition coefficient (Wildman–Crippen LogP) is -0.133. The third-order valence-electron chi connectivity index (χ3n) is 2.17. The maximum Gasteiger partial charge on any atom is 0.325 e. The summed E-state index contributed by atoms with van der Waals surface area (Å²) < 4.78 is 0. The highest BCUT2D eigenvalue weighted by Crippen LogP contribution is 2.17. The fourth-order valence-corrected chi connectivity index (χ4v) is 1.58. The van der Waals surface area contributed by atoms with E-state index >= 15 is 0 Å². The van der Waals surface area contributed by atoms with Crippen LogP contribution in [0.15, 0.2) is 0 Å². The number of carbonyl (C=O) groups is 2. The molecule has 0 saturated carbocycles. The van der Waals surface area contributed by atoms with Crippen LogP contribution in [0.3, 0.4) is 0 Å². The molecule has 0 N–H and O–H groups in total. The van der Waals surface area contributed by atoms with Crippen LogP contribution in [0.2, 0.25) is 0 Å². The van der Waals surface area contributed by atoms with Crippen molar-refractivity contribution in [3.8, 4) is 0 Å². The minimum atomic E-state index is -0.423. The van der Waals surface area contributed by atoms with Gasteiger partial charge >= 0.3 is 6.21 Å². The number of nitrogens with zero attached hydrogens (tertiary/aromatic N) is 3. The number of ketones is 1. The zero-order valence-electron chi connectivity index (χ0n) is 7.43. The number of likely N-dealkylation sites (tertiary alicyclic amines) is 1. The molecule has 1 rings (SSSR count). The maximum atomic E-state index is 11.3. The fraction of sp³-hybridized carbons (Fsp3) is 0.625. The Labute approximate surface area is 76.0 Å². The molecule has 1 heterocycles.